The number of carbonyl (C=O) groups is 2. The maximum absolute atomic E-state index is 12.5. The predicted molar refractivity (Wildman–Crippen MR) is 96.8 cm³/mol. The average molecular weight is 362 g/mol. The SMILES string of the molecule is COc1cc(NC(=O)C2CC2C(=O)N2CCCCC2)cc(OC)c1OC. The molecule has 0 radical (unpaired) electrons. The number of rotatable bonds is 6. The summed E-state index contributed by atoms with van der Waals surface area (Å²) in [5.41, 5.74) is 0.556. The van der Waals surface area contributed by atoms with E-state index in [4.69, 9.17) is 14.2 Å². The number of hydrogen-bond acceptors (Lipinski definition) is 5. The van der Waals surface area contributed by atoms with Crippen LogP contribution in [0.5, 0.6) is 17.2 Å². The molecule has 2 aliphatic rings. The number of piperidine rings is 1. The molecule has 2 unspecified atom stereocenters. The fourth-order valence-electron chi connectivity index (χ4n) is 3.49. The molecule has 2 fully saturated rings. The average Bonchev–Trinajstić information content (AvgIpc) is 3.48. The summed E-state index contributed by atoms with van der Waals surface area (Å²) < 4.78 is 15.9. The second-order valence-electron chi connectivity index (χ2n) is 6.74. The van der Waals surface area contributed by atoms with Gasteiger partial charge in [0.05, 0.1) is 33.2 Å². The van der Waals surface area contributed by atoms with E-state index in [9.17, 15) is 9.59 Å². The van der Waals surface area contributed by atoms with Crippen LogP contribution in [0.3, 0.4) is 0 Å². The molecule has 0 bridgehead atoms. The van der Waals surface area contributed by atoms with Gasteiger partial charge >= 0.3 is 0 Å². The van der Waals surface area contributed by atoms with Crippen molar-refractivity contribution in [3.05, 3.63) is 12.1 Å². The quantitative estimate of drug-likeness (QED) is 0.840. The van der Waals surface area contributed by atoms with Gasteiger partial charge in [-0.05, 0) is 25.7 Å². The zero-order chi connectivity index (χ0) is 18.7. The van der Waals surface area contributed by atoms with Gasteiger partial charge in [-0.3, -0.25) is 9.59 Å². The predicted octanol–water partition coefficient (Wildman–Crippen LogP) is 2.30. The van der Waals surface area contributed by atoms with E-state index in [1.54, 1.807) is 12.1 Å². The first-order valence-electron chi connectivity index (χ1n) is 8.98. The number of anilines is 1. The molecule has 7 nitrogen and oxygen atoms in total. The summed E-state index contributed by atoms with van der Waals surface area (Å²) >= 11 is 0. The largest absolute Gasteiger partial charge is 0.493 e. The van der Waals surface area contributed by atoms with Crippen LogP contribution < -0.4 is 19.5 Å². The number of carbonyl (C=O) groups excluding carboxylic acids is 2. The number of benzene rings is 1. The number of nitrogens with one attached hydrogen (secondary N) is 1. The van der Waals surface area contributed by atoms with Gasteiger partial charge in [0, 0.05) is 30.9 Å². The van der Waals surface area contributed by atoms with E-state index in [-0.39, 0.29) is 23.7 Å². The second kappa shape index (κ2) is 7.85. The number of amides is 2. The second-order valence-corrected chi connectivity index (χ2v) is 6.74. The fourth-order valence-corrected chi connectivity index (χ4v) is 3.49. The summed E-state index contributed by atoms with van der Waals surface area (Å²) in [4.78, 5) is 26.9. The lowest BCUT2D eigenvalue weighted by Crippen LogP contribution is -2.37. The van der Waals surface area contributed by atoms with Crippen molar-refractivity contribution in [3.63, 3.8) is 0 Å². The van der Waals surface area contributed by atoms with E-state index < -0.39 is 0 Å². The minimum atomic E-state index is -0.261. The van der Waals surface area contributed by atoms with Crippen LogP contribution in [0.4, 0.5) is 5.69 Å². The minimum absolute atomic E-state index is 0.120. The molecule has 1 saturated carbocycles. The van der Waals surface area contributed by atoms with Crippen molar-refractivity contribution in [2.24, 2.45) is 11.8 Å². The van der Waals surface area contributed by atoms with E-state index in [0.29, 0.717) is 29.4 Å². The lowest BCUT2D eigenvalue weighted by Gasteiger charge is -2.26. The van der Waals surface area contributed by atoms with Crippen molar-refractivity contribution in [2.45, 2.75) is 25.7 Å². The van der Waals surface area contributed by atoms with Crippen molar-refractivity contribution >= 4 is 17.5 Å². The van der Waals surface area contributed by atoms with Crippen LogP contribution in [-0.2, 0) is 9.59 Å². The van der Waals surface area contributed by atoms with Gasteiger partial charge in [-0.2, -0.15) is 0 Å². The van der Waals surface area contributed by atoms with Crippen LogP contribution in [0.25, 0.3) is 0 Å². The first kappa shape index (κ1) is 18.4. The van der Waals surface area contributed by atoms with Crippen molar-refractivity contribution in [1.29, 1.82) is 0 Å². The molecule has 3 rings (SSSR count). The normalized spacial score (nSPS) is 21.7. The van der Waals surface area contributed by atoms with Crippen molar-refractivity contribution in [3.8, 4) is 17.2 Å². The summed E-state index contributed by atoms with van der Waals surface area (Å²) in [6, 6.07) is 3.37. The molecule has 1 aromatic carbocycles. The highest BCUT2D eigenvalue weighted by Crippen LogP contribution is 2.43. The Kier molecular flexibility index (Phi) is 5.54. The van der Waals surface area contributed by atoms with Gasteiger partial charge in [0.2, 0.25) is 17.6 Å². The standard InChI is InChI=1S/C19H26N2O5/c1-24-15-9-12(10-16(25-2)17(15)26-3)20-18(22)13-11-14(13)19(23)21-7-5-4-6-8-21/h9-10,13-14H,4-8,11H2,1-3H3,(H,20,22). The molecular weight excluding hydrogens is 336 g/mol. The van der Waals surface area contributed by atoms with Crippen LogP contribution >= 0.6 is 0 Å². The highest BCUT2D eigenvalue weighted by molar-refractivity contribution is 5.99. The Morgan fingerprint density at radius 1 is 0.962 bits per heavy atom. The van der Waals surface area contributed by atoms with Crippen molar-refractivity contribution in [2.75, 3.05) is 39.7 Å². The van der Waals surface area contributed by atoms with E-state index in [1.807, 2.05) is 4.90 Å². The highest BCUT2D eigenvalue weighted by Gasteiger charge is 2.49. The van der Waals surface area contributed by atoms with Gasteiger partial charge in [0.15, 0.2) is 11.5 Å². The van der Waals surface area contributed by atoms with E-state index in [2.05, 4.69) is 5.32 Å². The van der Waals surface area contributed by atoms with Gasteiger partial charge in [0.25, 0.3) is 0 Å². The van der Waals surface area contributed by atoms with Crippen molar-refractivity contribution in [1.82, 2.24) is 4.90 Å². The summed E-state index contributed by atoms with van der Waals surface area (Å²) in [5, 5.41) is 2.87. The first-order valence-corrected chi connectivity index (χ1v) is 8.98. The molecule has 142 valence electrons. The van der Waals surface area contributed by atoms with Crippen molar-refractivity contribution < 1.29 is 23.8 Å². The van der Waals surface area contributed by atoms with Gasteiger partial charge in [-0.1, -0.05) is 0 Å². The smallest absolute Gasteiger partial charge is 0.228 e. The lowest BCUT2D eigenvalue weighted by atomic mass is 10.1. The molecule has 26 heavy (non-hydrogen) atoms. The Bertz CT molecular complexity index is 660. The third-order valence-electron chi connectivity index (χ3n) is 5.04. The van der Waals surface area contributed by atoms with E-state index in [1.165, 1.54) is 27.8 Å². The maximum Gasteiger partial charge on any atom is 0.228 e. The molecule has 1 heterocycles. The van der Waals surface area contributed by atoms with Crippen LogP contribution in [0, 0.1) is 11.8 Å². The summed E-state index contributed by atoms with van der Waals surface area (Å²) in [5.74, 6) is 0.943. The molecule has 7 heteroatoms. The summed E-state index contributed by atoms with van der Waals surface area (Å²) in [6.45, 7) is 1.63. The Morgan fingerprint density at radius 2 is 1.58 bits per heavy atom. The first-order chi connectivity index (χ1) is 12.6. The maximum atomic E-state index is 12.5. The van der Waals surface area contributed by atoms with Crippen LogP contribution in [-0.4, -0.2) is 51.1 Å². The van der Waals surface area contributed by atoms with Crippen LogP contribution in [0.15, 0.2) is 12.1 Å². The Morgan fingerprint density at radius 3 is 2.12 bits per heavy atom. The fraction of sp³-hybridized carbons (Fsp3) is 0.579. The molecule has 1 aliphatic heterocycles. The summed E-state index contributed by atoms with van der Waals surface area (Å²) in [6.07, 6.45) is 3.91. The monoisotopic (exact) mass is 362 g/mol. The Balaban J connectivity index is 1.64. The van der Waals surface area contributed by atoms with E-state index >= 15 is 0 Å². The number of hydrogen-bond donors (Lipinski definition) is 1. The van der Waals surface area contributed by atoms with Gasteiger partial charge < -0.3 is 24.4 Å². The van der Waals surface area contributed by atoms with Gasteiger partial charge in [-0.15, -0.1) is 0 Å². The number of ether oxygens (including phenoxy) is 3. The van der Waals surface area contributed by atoms with Crippen LogP contribution in [0.2, 0.25) is 0 Å². The topological polar surface area (TPSA) is 77.1 Å². The van der Waals surface area contributed by atoms with E-state index in [0.717, 1.165) is 25.9 Å². The third kappa shape index (κ3) is 3.71. The minimum Gasteiger partial charge on any atom is -0.493 e. The molecular formula is C19H26N2O5. The Hall–Kier alpha value is -2.44. The number of nitrogens with zero attached hydrogens (tertiary/aromatic N) is 1. The molecule has 1 saturated heterocycles. The highest BCUT2D eigenvalue weighted by atomic mass is 16.5. The van der Waals surface area contributed by atoms with Gasteiger partial charge in [0.1, 0.15) is 0 Å². The van der Waals surface area contributed by atoms with Crippen LogP contribution in [0.1, 0.15) is 25.7 Å². The lowest BCUT2D eigenvalue weighted by molar-refractivity contribution is -0.134. The summed E-state index contributed by atoms with van der Waals surface area (Å²) in [7, 11) is 4.58. The molecule has 1 N–H and O–H groups in total. The molecule has 0 aromatic heterocycles. The molecule has 1 aromatic rings. The molecule has 1 aliphatic carbocycles. The number of methoxy groups -OCH3 is 3. The zero-order valence-electron chi connectivity index (χ0n) is 15.5. The molecule has 2 amide bonds. The molecule has 2 atom stereocenters. The number of likely N-dealkylation sites (tertiary alicyclic amines) is 1. The van der Waals surface area contributed by atoms with Gasteiger partial charge in [-0.25, -0.2) is 0 Å². The third-order valence-corrected chi connectivity index (χ3v) is 5.04. The zero-order valence-corrected chi connectivity index (χ0v) is 15.5. The Labute approximate surface area is 153 Å². The molecule has 0 spiro atoms.